The second-order valence-electron chi connectivity index (χ2n) is 3.86. The van der Waals surface area contributed by atoms with Crippen molar-refractivity contribution in [3.63, 3.8) is 0 Å². The summed E-state index contributed by atoms with van der Waals surface area (Å²) >= 11 is 0. The van der Waals surface area contributed by atoms with Crippen LogP contribution in [0, 0.1) is 11.8 Å². The smallest absolute Gasteiger partial charge is 0.0639 e. The third-order valence-corrected chi connectivity index (χ3v) is 2.22. The Morgan fingerprint density at radius 1 is 1.27 bits per heavy atom. The quantitative estimate of drug-likeness (QED) is 0.748. The number of rotatable bonds is 3. The fourth-order valence-corrected chi connectivity index (χ4v) is 1.33. The molecule has 0 saturated heterocycles. The van der Waals surface area contributed by atoms with E-state index in [0.717, 1.165) is 12.0 Å². The van der Waals surface area contributed by atoms with Crippen molar-refractivity contribution in [2.24, 2.45) is 5.73 Å². The third kappa shape index (κ3) is 4.67. The van der Waals surface area contributed by atoms with Gasteiger partial charge in [-0.1, -0.05) is 37.3 Å². The summed E-state index contributed by atoms with van der Waals surface area (Å²) in [7, 11) is 0. The van der Waals surface area contributed by atoms with E-state index in [0.29, 0.717) is 0 Å². The van der Waals surface area contributed by atoms with E-state index in [1.165, 1.54) is 18.4 Å². The number of aryl methyl sites for hydroxylation is 1. The molecule has 0 saturated carbocycles. The molecular weight excluding hydrogens is 182 g/mol. The van der Waals surface area contributed by atoms with E-state index in [9.17, 15) is 0 Å². The van der Waals surface area contributed by atoms with Crippen LogP contribution in [-0.2, 0) is 6.42 Å². The van der Waals surface area contributed by atoms with Crippen LogP contribution in [0.2, 0.25) is 0 Å². The van der Waals surface area contributed by atoms with Crippen LogP contribution in [0.25, 0.3) is 0 Å². The van der Waals surface area contributed by atoms with Gasteiger partial charge in [0.1, 0.15) is 0 Å². The highest BCUT2D eigenvalue weighted by Crippen LogP contribution is 2.06. The molecule has 0 aliphatic rings. The van der Waals surface area contributed by atoms with Gasteiger partial charge in [-0.2, -0.15) is 0 Å². The minimum absolute atomic E-state index is 0.0511. The zero-order valence-electron chi connectivity index (χ0n) is 9.59. The zero-order valence-corrected chi connectivity index (χ0v) is 9.59. The standard InChI is InChI=1S/C14H19N/c1-3-4-5-13-8-10-14(11-9-13)7-6-12(2)15/h8-12H,3-5,15H2,1-2H3. The molecule has 0 bridgehead atoms. The van der Waals surface area contributed by atoms with Gasteiger partial charge in [0, 0.05) is 5.56 Å². The molecule has 0 aromatic heterocycles. The summed E-state index contributed by atoms with van der Waals surface area (Å²) in [6, 6.07) is 8.40. The number of hydrogen-bond acceptors (Lipinski definition) is 1. The van der Waals surface area contributed by atoms with E-state index in [-0.39, 0.29) is 6.04 Å². The largest absolute Gasteiger partial charge is 0.318 e. The molecule has 0 heterocycles. The van der Waals surface area contributed by atoms with Crippen LogP contribution >= 0.6 is 0 Å². The minimum atomic E-state index is -0.0511. The molecule has 0 spiro atoms. The lowest BCUT2D eigenvalue weighted by Crippen LogP contribution is -2.10. The number of hydrogen-bond donors (Lipinski definition) is 1. The molecule has 1 nitrogen and oxygen atoms in total. The molecule has 0 radical (unpaired) electrons. The molecule has 15 heavy (non-hydrogen) atoms. The number of nitrogens with two attached hydrogens (primary N) is 1. The molecule has 0 aliphatic carbocycles. The molecule has 0 fully saturated rings. The van der Waals surface area contributed by atoms with Gasteiger partial charge in [-0.15, -0.1) is 0 Å². The van der Waals surface area contributed by atoms with Crippen molar-refractivity contribution in [1.29, 1.82) is 0 Å². The van der Waals surface area contributed by atoms with Crippen molar-refractivity contribution in [3.05, 3.63) is 35.4 Å². The Labute approximate surface area is 92.7 Å². The Balaban J connectivity index is 2.61. The van der Waals surface area contributed by atoms with Crippen molar-refractivity contribution < 1.29 is 0 Å². The average molecular weight is 201 g/mol. The van der Waals surface area contributed by atoms with E-state index in [4.69, 9.17) is 5.73 Å². The third-order valence-electron chi connectivity index (χ3n) is 2.22. The van der Waals surface area contributed by atoms with Crippen LogP contribution in [0.4, 0.5) is 0 Å². The van der Waals surface area contributed by atoms with Gasteiger partial charge >= 0.3 is 0 Å². The zero-order chi connectivity index (χ0) is 11.1. The maximum atomic E-state index is 5.56. The molecule has 1 aromatic carbocycles. The van der Waals surface area contributed by atoms with Crippen LogP contribution in [-0.4, -0.2) is 6.04 Å². The summed E-state index contributed by atoms with van der Waals surface area (Å²) in [5.41, 5.74) is 8.00. The van der Waals surface area contributed by atoms with Gasteiger partial charge < -0.3 is 5.73 Å². The first-order chi connectivity index (χ1) is 7.22. The van der Waals surface area contributed by atoms with Crippen molar-refractivity contribution in [1.82, 2.24) is 0 Å². The molecule has 1 aromatic rings. The summed E-state index contributed by atoms with van der Waals surface area (Å²) in [6.45, 7) is 4.10. The fraction of sp³-hybridized carbons (Fsp3) is 0.429. The van der Waals surface area contributed by atoms with Crippen LogP contribution in [0.5, 0.6) is 0 Å². The van der Waals surface area contributed by atoms with E-state index < -0.39 is 0 Å². The average Bonchev–Trinajstić information content (AvgIpc) is 2.25. The van der Waals surface area contributed by atoms with Crippen LogP contribution in [0.15, 0.2) is 24.3 Å². The Bertz CT molecular complexity index is 338. The second-order valence-corrected chi connectivity index (χ2v) is 3.86. The number of benzene rings is 1. The van der Waals surface area contributed by atoms with E-state index in [1.807, 2.05) is 6.92 Å². The molecule has 1 heteroatoms. The predicted octanol–water partition coefficient (Wildman–Crippen LogP) is 2.73. The number of unbranched alkanes of at least 4 members (excludes halogenated alkanes) is 1. The molecule has 0 aliphatic heterocycles. The first-order valence-corrected chi connectivity index (χ1v) is 5.58. The van der Waals surface area contributed by atoms with Gasteiger partial charge in [0.25, 0.3) is 0 Å². The van der Waals surface area contributed by atoms with Gasteiger partial charge in [0.05, 0.1) is 6.04 Å². The molecule has 0 amide bonds. The molecule has 1 atom stereocenters. The summed E-state index contributed by atoms with van der Waals surface area (Å²) < 4.78 is 0. The first-order valence-electron chi connectivity index (χ1n) is 5.58. The molecule has 1 unspecified atom stereocenters. The summed E-state index contributed by atoms with van der Waals surface area (Å²) in [4.78, 5) is 0. The molecule has 80 valence electrons. The van der Waals surface area contributed by atoms with Crippen LogP contribution in [0.1, 0.15) is 37.8 Å². The van der Waals surface area contributed by atoms with Gasteiger partial charge in [-0.3, -0.25) is 0 Å². The van der Waals surface area contributed by atoms with Gasteiger partial charge in [0.15, 0.2) is 0 Å². The first kappa shape index (κ1) is 11.8. The lowest BCUT2D eigenvalue weighted by Gasteiger charge is -1.99. The van der Waals surface area contributed by atoms with Crippen molar-refractivity contribution >= 4 is 0 Å². The minimum Gasteiger partial charge on any atom is -0.318 e. The van der Waals surface area contributed by atoms with Crippen molar-refractivity contribution in [2.45, 2.75) is 39.2 Å². The summed E-state index contributed by atoms with van der Waals surface area (Å²) in [5.74, 6) is 6.00. The Morgan fingerprint density at radius 2 is 1.93 bits per heavy atom. The lowest BCUT2D eigenvalue weighted by molar-refractivity contribution is 0.795. The van der Waals surface area contributed by atoms with E-state index in [2.05, 4.69) is 43.0 Å². The van der Waals surface area contributed by atoms with Crippen molar-refractivity contribution in [2.75, 3.05) is 0 Å². The van der Waals surface area contributed by atoms with E-state index >= 15 is 0 Å². The maximum Gasteiger partial charge on any atom is 0.0639 e. The SMILES string of the molecule is CCCCc1ccc(C#CC(C)N)cc1. The molecule has 1 rings (SSSR count). The Morgan fingerprint density at radius 3 is 2.47 bits per heavy atom. The highest BCUT2D eigenvalue weighted by Gasteiger charge is 1.92. The van der Waals surface area contributed by atoms with Crippen molar-refractivity contribution in [3.8, 4) is 11.8 Å². The Kier molecular flexibility index (Phi) is 4.93. The normalized spacial score (nSPS) is 11.7. The van der Waals surface area contributed by atoms with E-state index in [1.54, 1.807) is 0 Å². The van der Waals surface area contributed by atoms with Gasteiger partial charge in [-0.25, -0.2) is 0 Å². The molecular formula is C14H19N. The monoisotopic (exact) mass is 201 g/mol. The van der Waals surface area contributed by atoms with Gasteiger partial charge in [0.2, 0.25) is 0 Å². The predicted molar refractivity (Wildman–Crippen MR) is 65.6 cm³/mol. The van der Waals surface area contributed by atoms with Gasteiger partial charge in [-0.05, 0) is 37.5 Å². The highest BCUT2D eigenvalue weighted by molar-refractivity contribution is 5.36. The second kappa shape index (κ2) is 6.27. The Hall–Kier alpha value is -1.26. The lowest BCUT2D eigenvalue weighted by atomic mass is 10.1. The fourth-order valence-electron chi connectivity index (χ4n) is 1.33. The maximum absolute atomic E-state index is 5.56. The van der Waals surface area contributed by atoms with Crippen LogP contribution in [0.3, 0.4) is 0 Å². The topological polar surface area (TPSA) is 26.0 Å². The molecule has 2 N–H and O–H groups in total. The summed E-state index contributed by atoms with van der Waals surface area (Å²) in [6.07, 6.45) is 3.66. The summed E-state index contributed by atoms with van der Waals surface area (Å²) in [5, 5.41) is 0. The highest BCUT2D eigenvalue weighted by atomic mass is 14.6. The van der Waals surface area contributed by atoms with Crippen LogP contribution < -0.4 is 5.73 Å².